The number of para-hydroxylation sites is 1. The van der Waals surface area contributed by atoms with Crippen LogP contribution in [-0.2, 0) is 4.79 Å². The van der Waals surface area contributed by atoms with Gasteiger partial charge in [0.15, 0.2) is 11.0 Å². The average molecular weight is 243 g/mol. The predicted octanol–water partition coefficient (Wildman–Crippen LogP) is 2.96. The number of hydrazone groups is 1. The number of carbonyl (C=O) groups is 1. The van der Waals surface area contributed by atoms with Crippen molar-refractivity contribution < 1.29 is 4.79 Å². The fraction of sp³-hybridized carbons (Fsp3) is 0.200. The maximum absolute atomic E-state index is 10.8. The van der Waals surface area contributed by atoms with Gasteiger partial charge in [0.2, 0.25) is 0 Å². The highest BCUT2D eigenvalue weighted by molar-refractivity contribution is 7.98. The van der Waals surface area contributed by atoms with Crippen molar-refractivity contribution >= 4 is 40.0 Å². The highest BCUT2D eigenvalue weighted by Gasteiger charge is 2.02. The lowest BCUT2D eigenvalue weighted by molar-refractivity contribution is -0.110. The number of Topliss-reactive ketones (excluding diaryl/α,β-unsaturated/α-hetero) is 1. The first-order valence-corrected chi connectivity index (χ1v) is 5.88. The Balaban J connectivity index is 2.81. The van der Waals surface area contributed by atoms with Gasteiger partial charge in [-0.15, -0.1) is 11.8 Å². The van der Waals surface area contributed by atoms with Crippen LogP contribution in [0, 0.1) is 0 Å². The fourth-order valence-corrected chi connectivity index (χ4v) is 1.52. The largest absolute Gasteiger partial charge is 0.292 e. The van der Waals surface area contributed by atoms with E-state index in [0.717, 1.165) is 10.6 Å². The standard InChI is InChI=1S/C10H11ClN2OS/c1-7(14)10(11)13-12-8-5-3-4-6-9(8)15-2/h3-6,12H,1-2H3/b13-10-. The molecule has 5 heteroatoms. The third kappa shape index (κ3) is 3.57. The molecule has 1 rings (SSSR count). The lowest BCUT2D eigenvalue weighted by Crippen LogP contribution is -2.04. The van der Waals surface area contributed by atoms with E-state index >= 15 is 0 Å². The van der Waals surface area contributed by atoms with Crippen molar-refractivity contribution in [2.24, 2.45) is 5.10 Å². The lowest BCUT2D eigenvalue weighted by Gasteiger charge is -2.05. The van der Waals surface area contributed by atoms with Crippen molar-refractivity contribution in [3.63, 3.8) is 0 Å². The molecule has 1 aromatic rings. The first-order chi connectivity index (χ1) is 7.15. The molecule has 15 heavy (non-hydrogen) atoms. The summed E-state index contributed by atoms with van der Waals surface area (Å²) < 4.78 is 0. The number of anilines is 1. The molecule has 0 aromatic heterocycles. The normalized spacial score (nSPS) is 11.3. The summed E-state index contributed by atoms with van der Waals surface area (Å²) in [5, 5.41) is 3.72. The Hall–Kier alpha value is -1.00. The number of ketones is 1. The van der Waals surface area contributed by atoms with Crippen molar-refractivity contribution in [3.8, 4) is 0 Å². The van der Waals surface area contributed by atoms with E-state index < -0.39 is 0 Å². The second kappa shape index (κ2) is 5.78. The Morgan fingerprint density at radius 3 is 2.73 bits per heavy atom. The SMILES string of the molecule is CSc1ccccc1N/N=C(\Cl)C(C)=O. The Morgan fingerprint density at radius 1 is 1.47 bits per heavy atom. The van der Waals surface area contributed by atoms with Crippen molar-refractivity contribution in [2.45, 2.75) is 11.8 Å². The Labute approximate surface area is 97.9 Å². The van der Waals surface area contributed by atoms with E-state index in [9.17, 15) is 4.79 Å². The van der Waals surface area contributed by atoms with E-state index in [1.165, 1.54) is 6.92 Å². The zero-order valence-corrected chi connectivity index (χ0v) is 10.0. The molecule has 1 N–H and O–H groups in total. The molecule has 0 aliphatic rings. The molecular formula is C10H11ClN2OS. The predicted molar refractivity (Wildman–Crippen MR) is 65.8 cm³/mol. The molecule has 0 fully saturated rings. The molecule has 0 aliphatic carbocycles. The van der Waals surface area contributed by atoms with Gasteiger partial charge in [0.25, 0.3) is 0 Å². The Bertz CT molecular complexity index is 393. The van der Waals surface area contributed by atoms with Crippen LogP contribution in [0.25, 0.3) is 0 Å². The summed E-state index contributed by atoms with van der Waals surface area (Å²) >= 11 is 7.19. The van der Waals surface area contributed by atoms with Crippen LogP contribution in [0.4, 0.5) is 5.69 Å². The molecule has 0 atom stereocenters. The van der Waals surface area contributed by atoms with Gasteiger partial charge in [-0.25, -0.2) is 0 Å². The molecule has 0 amide bonds. The zero-order valence-electron chi connectivity index (χ0n) is 8.45. The molecule has 0 bridgehead atoms. The summed E-state index contributed by atoms with van der Waals surface area (Å²) in [4.78, 5) is 11.9. The summed E-state index contributed by atoms with van der Waals surface area (Å²) in [5.41, 5.74) is 3.60. The summed E-state index contributed by atoms with van der Waals surface area (Å²) in [5.74, 6) is -0.259. The van der Waals surface area contributed by atoms with E-state index in [1.807, 2.05) is 30.5 Å². The number of nitrogens with zero attached hydrogens (tertiary/aromatic N) is 1. The topological polar surface area (TPSA) is 41.5 Å². The molecule has 0 spiro atoms. The average Bonchev–Trinajstić information content (AvgIpc) is 2.26. The van der Waals surface area contributed by atoms with E-state index in [1.54, 1.807) is 11.8 Å². The zero-order chi connectivity index (χ0) is 11.3. The second-order valence-corrected chi connectivity index (χ2v) is 3.98. The molecule has 1 aromatic carbocycles. The van der Waals surface area contributed by atoms with Gasteiger partial charge in [-0.3, -0.25) is 10.2 Å². The highest BCUT2D eigenvalue weighted by Crippen LogP contribution is 2.24. The maximum atomic E-state index is 10.8. The molecule has 3 nitrogen and oxygen atoms in total. The summed E-state index contributed by atoms with van der Waals surface area (Å²) in [6.45, 7) is 1.37. The van der Waals surface area contributed by atoms with Gasteiger partial charge in [0.05, 0.1) is 5.69 Å². The van der Waals surface area contributed by atoms with E-state index in [-0.39, 0.29) is 11.0 Å². The van der Waals surface area contributed by atoms with Gasteiger partial charge in [0.1, 0.15) is 0 Å². The van der Waals surface area contributed by atoms with Crippen LogP contribution in [0.1, 0.15) is 6.92 Å². The molecule has 0 unspecified atom stereocenters. The van der Waals surface area contributed by atoms with Crippen LogP contribution < -0.4 is 5.43 Å². The van der Waals surface area contributed by atoms with Gasteiger partial charge >= 0.3 is 0 Å². The minimum absolute atomic E-state index is 0.0501. The Kier molecular flexibility index (Phi) is 4.65. The number of halogens is 1. The number of carbonyl (C=O) groups excluding carboxylic acids is 1. The third-order valence-corrected chi connectivity index (χ3v) is 2.82. The van der Waals surface area contributed by atoms with Gasteiger partial charge in [-0.1, -0.05) is 23.7 Å². The molecular weight excluding hydrogens is 232 g/mol. The van der Waals surface area contributed by atoms with E-state index in [0.29, 0.717) is 0 Å². The first-order valence-electron chi connectivity index (χ1n) is 4.28. The van der Waals surface area contributed by atoms with E-state index in [2.05, 4.69) is 10.5 Å². The molecule has 80 valence electrons. The molecule has 0 aliphatic heterocycles. The van der Waals surface area contributed by atoms with Crippen molar-refractivity contribution in [2.75, 3.05) is 11.7 Å². The number of hydrogen-bond acceptors (Lipinski definition) is 4. The van der Waals surface area contributed by atoms with Gasteiger partial charge in [0, 0.05) is 11.8 Å². The minimum atomic E-state index is -0.259. The highest BCUT2D eigenvalue weighted by atomic mass is 35.5. The molecule has 0 saturated carbocycles. The van der Waals surface area contributed by atoms with Crippen LogP contribution in [0.3, 0.4) is 0 Å². The van der Waals surface area contributed by atoms with Crippen molar-refractivity contribution in [1.29, 1.82) is 0 Å². The van der Waals surface area contributed by atoms with Gasteiger partial charge < -0.3 is 0 Å². The number of benzene rings is 1. The van der Waals surface area contributed by atoms with Crippen LogP contribution >= 0.6 is 23.4 Å². The third-order valence-electron chi connectivity index (χ3n) is 1.67. The lowest BCUT2D eigenvalue weighted by atomic mass is 10.3. The smallest absolute Gasteiger partial charge is 0.191 e. The molecule has 0 saturated heterocycles. The van der Waals surface area contributed by atoms with Crippen LogP contribution in [0.5, 0.6) is 0 Å². The fourth-order valence-electron chi connectivity index (χ4n) is 0.925. The monoisotopic (exact) mass is 242 g/mol. The second-order valence-electron chi connectivity index (χ2n) is 2.77. The quantitative estimate of drug-likeness (QED) is 0.501. The summed E-state index contributed by atoms with van der Waals surface area (Å²) in [6.07, 6.45) is 1.97. The van der Waals surface area contributed by atoms with Gasteiger partial charge in [-0.05, 0) is 18.4 Å². The number of nitrogens with one attached hydrogen (secondary N) is 1. The van der Waals surface area contributed by atoms with Crippen LogP contribution in [0.2, 0.25) is 0 Å². The van der Waals surface area contributed by atoms with Crippen molar-refractivity contribution in [3.05, 3.63) is 24.3 Å². The maximum Gasteiger partial charge on any atom is 0.191 e. The summed E-state index contributed by atoms with van der Waals surface area (Å²) in [6, 6.07) is 7.66. The van der Waals surface area contributed by atoms with E-state index in [4.69, 9.17) is 11.6 Å². The van der Waals surface area contributed by atoms with Crippen molar-refractivity contribution in [1.82, 2.24) is 0 Å². The van der Waals surface area contributed by atoms with Crippen LogP contribution in [-0.4, -0.2) is 17.2 Å². The minimum Gasteiger partial charge on any atom is -0.292 e. The van der Waals surface area contributed by atoms with Gasteiger partial charge in [-0.2, -0.15) is 5.10 Å². The number of hydrogen-bond donors (Lipinski definition) is 1. The summed E-state index contributed by atoms with van der Waals surface area (Å²) in [7, 11) is 0. The Morgan fingerprint density at radius 2 is 2.13 bits per heavy atom. The first kappa shape index (κ1) is 12.1. The number of thioether (sulfide) groups is 1. The molecule has 0 radical (unpaired) electrons. The number of rotatable bonds is 4. The van der Waals surface area contributed by atoms with Crippen LogP contribution in [0.15, 0.2) is 34.3 Å². The molecule has 0 heterocycles.